The van der Waals surface area contributed by atoms with Gasteiger partial charge in [0.25, 0.3) is 0 Å². The predicted molar refractivity (Wildman–Crippen MR) is 61.3 cm³/mol. The van der Waals surface area contributed by atoms with Crippen LogP contribution in [-0.2, 0) is 0 Å². The summed E-state index contributed by atoms with van der Waals surface area (Å²) in [5.41, 5.74) is 1.41. The zero-order chi connectivity index (χ0) is 10.4. The first-order valence-electron chi connectivity index (χ1n) is 6.19. The minimum absolute atomic E-state index is 0.691. The van der Waals surface area contributed by atoms with E-state index in [0.717, 1.165) is 17.3 Å². The van der Waals surface area contributed by atoms with Crippen molar-refractivity contribution < 1.29 is 0 Å². The van der Waals surface area contributed by atoms with Crippen LogP contribution in [0, 0.1) is 22.7 Å². The Morgan fingerprint density at radius 1 is 1.29 bits per heavy atom. The third-order valence-corrected chi connectivity index (χ3v) is 4.73. The summed E-state index contributed by atoms with van der Waals surface area (Å²) in [5.74, 6) is 1.75. The van der Waals surface area contributed by atoms with Crippen molar-refractivity contribution in [2.75, 3.05) is 13.1 Å². The molecule has 2 aliphatic carbocycles. The molecule has 2 unspecified atom stereocenters. The van der Waals surface area contributed by atoms with Crippen LogP contribution in [0.4, 0.5) is 0 Å². The van der Waals surface area contributed by atoms with E-state index in [1.165, 1.54) is 32.4 Å². The average Bonchev–Trinajstić information content (AvgIpc) is 2.93. The van der Waals surface area contributed by atoms with Gasteiger partial charge in [-0.05, 0) is 55.0 Å². The van der Waals surface area contributed by atoms with Crippen molar-refractivity contribution in [2.45, 2.75) is 47.0 Å². The van der Waals surface area contributed by atoms with E-state index in [1.54, 1.807) is 0 Å². The van der Waals surface area contributed by atoms with Gasteiger partial charge in [-0.25, -0.2) is 0 Å². The number of nitrogens with one attached hydrogen (secondary N) is 1. The van der Waals surface area contributed by atoms with Crippen LogP contribution in [0.1, 0.15) is 47.0 Å². The van der Waals surface area contributed by atoms with E-state index in [2.05, 4.69) is 33.0 Å². The second-order valence-electron chi connectivity index (χ2n) is 6.43. The van der Waals surface area contributed by atoms with Crippen molar-refractivity contribution in [3.8, 4) is 0 Å². The zero-order valence-electron chi connectivity index (χ0n) is 10.2. The molecule has 0 saturated heterocycles. The SMILES string of the molecule is CC(C)CNCC1CC1(C)C1(C)CC1. The van der Waals surface area contributed by atoms with E-state index >= 15 is 0 Å². The molecule has 0 aliphatic heterocycles. The third kappa shape index (κ3) is 1.71. The van der Waals surface area contributed by atoms with Crippen LogP contribution in [-0.4, -0.2) is 13.1 Å². The molecule has 82 valence electrons. The highest BCUT2D eigenvalue weighted by Gasteiger charge is 2.65. The number of hydrogen-bond donors (Lipinski definition) is 1. The molecule has 0 aromatic rings. The third-order valence-electron chi connectivity index (χ3n) is 4.73. The minimum atomic E-state index is 0.691. The molecule has 0 radical (unpaired) electrons. The van der Waals surface area contributed by atoms with Crippen molar-refractivity contribution in [2.24, 2.45) is 22.7 Å². The van der Waals surface area contributed by atoms with Gasteiger partial charge in [-0.3, -0.25) is 0 Å². The van der Waals surface area contributed by atoms with Crippen molar-refractivity contribution in [3.63, 3.8) is 0 Å². The summed E-state index contributed by atoms with van der Waals surface area (Å²) in [6.45, 7) is 12.0. The molecular weight excluding hydrogens is 170 g/mol. The van der Waals surface area contributed by atoms with Crippen LogP contribution in [0.2, 0.25) is 0 Å². The molecule has 14 heavy (non-hydrogen) atoms. The molecule has 0 aromatic heterocycles. The maximum atomic E-state index is 3.60. The lowest BCUT2D eigenvalue weighted by atomic mass is 9.87. The predicted octanol–water partition coefficient (Wildman–Crippen LogP) is 3.06. The van der Waals surface area contributed by atoms with Gasteiger partial charge in [0.1, 0.15) is 0 Å². The molecule has 2 atom stereocenters. The summed E-state index contributed by atoms with van der Waals surface area (Å²) in [6.07, 6.45) is 4.42. The fourth-order valence-electron chi connectivity index (χ4n) is 2.79. The molecule has 1 nitrogen and oxygen atoms in total. The highest BCUT2D eigenvalue weighted by molar-refractivity contribution is 5.15. The normalized spacial score (nSPS) is 38.8. The highest BCUT2D eigenvalue weighted by Crippen LogP contribution is 2.72. The molecule has 0 amide bonds. The summed E-state index contributed by atoms with van der Waals surface area (Å²) in [7, 11) is 0. The zero-order valence-corrected chi connectivity index (χ0v) is 10.2. The quantitative estimate of drug-likeness (QED) is 0.711. The van der Waals surface area contributed by atoms with E-state index in [4.69, 9.17) is 0 Å². The maximum absolute atomic E-state index is 3.60. The second kappa shape index (κ2) is 3.23. The van der Waals surface area contributed by atoms with Gasteiger partial charge >= 0.3 is 0 Å². The molecule has 1 N–H and O–H groups in total. The van der Waals surface area contributed by atoms with Gasteiger partial charge < -0.3 is 5.32 Å². The Morgan fingerprint density at radius 3 is 2.43 bits per heavy atom. The summed E-state index contributed by atoms with van der Waals surface area (Å²) in [5, 5.41) is 3.60. The molecule has 2 saturated carbocycles. The standard InChI is InChI=1S/C13H25N/c1-10(2)8-14-9-11-7-13(11,4)12(3)5-6-12/h10-11,14H,5-9H2,1-4H3. The lowest BCUT2D eigenvalue weighted by molar-refractivity contribution is 0.301. The molecule has 2 aliphatic rings. The van der Waals surface area contributed by atoms with Crippen molar-refractivity contribution >= 4 is 0 Å². The van der Waals surface area contributed by atoms with Gasteiger partial charge in [0, 0.05) is 0 Å². The molecule has 2 rings (SSSR count). The lowest BCUT2D eigenvalue weighted by Crippen LogP contribution is -2.25. The van der Waals surface area contributed by atoms with Crippen molar-refractivity contribution in [3.05, 3.63) is 0 Å². The fraction of sp³-hybridized carbons (Fsp3) is 1.00. The molecule has 0 bridgehead atoms. The summed E-state index contributed by atoms with van der Waals surface area (Å²) in [4.78, 5) is 0. The van der Waals surface area contributed by atoms with Gasteiger partial charge in [-0.2, -0.15) is 0 Å². The van der Waals surface area contributed by atoms with Crippen LogP contribution < -0.4 is 5.32 Å². The summed E-state index contributed by atoms with van der Waals surface area (Å²) in [6, 6.07) is 0. The smallest absolute Gasteiger partial charge is 0.00148 e. The minimum Gasteiger partial charge on any atom is -0.316 e. The average molecular weight is 195 g/mol. The Kier molecular flexibility index (Phi) is 2.42. The number of rotatable bonds is 5. The van der Waals surface area contributed by atoms with Gasteiger partial charge in [0.15, 0.2) is 0 Å². The van der Waals surface area contributed by atoms with Gasteiger partial charge in [-0.1, -0.05) is 27.7 Å². The fourth-order valence-corrected chi connectivity index (χ4v) is 2.79. The molecule has 0 spiro atoms. The first-order chi connectivity index (χ1) is 6.48. The molecular formula is C13H25N. The van der Waals surface area contributed by atoms with E-state index in [1.807, 2.05) is 0 Å². The Hall–Kier alpha value is -0.0400. The Morgan fingerprint density at radius 2 is 1.93 bits per heavy atom. The van der Waals surface area contributed by atoms with E-state index in [-0.39, 0.29) is 0 Å². The summed E-state index contributed by atoms with van der Waals surface area (Å²) < 4.78 is 0. The van der Waals surface area contributed by atoms with Crippen molar-refractivity contribution in [1.29, 1.82) is 0 Å². The van der Waals surface area contributed by atoms with Gasteiger partial charge in [-0.15, -0.1) is 0 Å². The molecule has 0 aromatic carbocycles. The van der Waals surface area contributed by atoms with Gasteiger partial charge in [0.2, 0.25) is 0 Å². The van der Waals surface area contributed by atoms with E-state index < -0.39 is 0 Å². The highest BCUT2D eigenvalue weighted by atomic mass is 14.9. The number of hydrogen-bond acceptors (Lipinski definition) is 1. The Balaban J connectivity index is 1.71. The summed E-state index contributed by atoms with van der Waals surface area (Å²) >= 11 is 0. The topological polar surface area (TPSA) is 12.0 Å². The van der Waals surface area contributed by atoms with Crippen LogP contribution in [0.3, 0.4) is 0 Å². The van der Waals surface area contributed by atoms with Crippen LogP contribution >= 0.6 is 0 Å². The van der Waals surface area contributed by atoms with Gasteiger partial charge in [0.05, 0.1) is 0 Å². The first-order valence-corrected chi connectivity index (χ1v) is 6.19. The largest absolute Gasteiger partial charge is 0.316 e. The molecule has 1 heteroatoms. The molecule has 0 heterocycles. The monoisotopic (exact) mass is 195 g/mol. The van der Waals surface area contributed by atoms with Crippen LogP contribution in [0.25, 0.3) is 0 Å². The maximum Gasteiger partial charge on any atom is -0.00148 e. The molecule has 2 fully saturated rings. The van der Waals surface area contributed by atoms with Crippen LogP contribution in [0.5, 0.6) is 0 Å². The van der Waals surface area contributed by atoms with Crippen molar-refractivity contribution in [1.82, 2.24) is 5.32 Å². The Bertz CT molecular complexity index is 217. The second-order valence-corrected chi connectivity index (χ2v) is 6.43. The first kappa shape index (κ1) is 10.5. The van der Waals surface area contributed by atoms with E-state index in [9.17, 15) is 0 Å². The lowest BCUT2D eigenvalue weighted by Gasteiger charge is -2.19. The van der Waals surface area contributed by atoms with Crippen LogP contribution in [0.15, 0.2) is 0 Å². The van der Waals surface area contributed by atoms with E-state index in [0.29, 0.717) is 5.41 Å². The Labute approximate surface area is 88.7 Å².